The molecule has 0 unspecified atom stereocenters. The summed E-state index contributed by atoms with van der Waals surface area (Å²) < 4.78 is 0. The number of hydrogen-bond donors (Lipinski definition) is 1. The summed E-state index contributed by atoms with van der Waals surface area (Å²) in [6, 6.07) is 13.9. The first-order valence-corrected chi connectivity index (χ1v) is 7.19. The van der Waals surface area contributed by atoms with Gasteiger partial charge in [0.2, 0.25) is 5.78 Å². The van der Waals surface area contributed by atoms with Crippen LogP contribution in [0.1, 0.15) is 42.3 Å². The zero-order valence-corrected chi connectivity index (χ0v) is 12.8. The molecule has 110 valence electrons. The van der Waals surface area contributed by atoms with Gasteiger partial charge in [-0.15, -0.1) is 0 Å². The zero-order chi connectivity index (χ0) is 15.9. The molecule has 3 nitrogen and oxygen atoms in total. The normalized spacial score (nSPS) is 12.9. The van der Waals surface area contributed by atoms with E-state index in [1.54, 1.807) is 6.07 Å². The van der Waals surface area contributed by atoms with E-state index in [4.69, 9.17) is 5.21 Å². The predicted octanol–water partition coefficient (Wildman–Crippen LogP) is 4.54. The Morgan fingerprint density at radius 1 is 0.909 bits per heavy atom. The number of nitrogens with zero attached hydrogens (tertiary/aromatic N) is 1. The highest BCUT2D eigenvalue weighted by Crippen LogP contribution is 2.45. The Balaban J connectivity index is 2.23. The van der Waals surface area contributed by atoms with Gasteiger partial charge >= 0.3 is 0 Å². The Morgan fingerprint density at radius 3 is 2.18 bits per heavy atom. The minimum Gasteiger partial charge on any atom is -0.411 e. The van der Waals surface area contributed by atoms with Gasteiger partial charge in [-0.05, 0) is 54.7 Å². The lowest BCUT2D eigenvalue weighted by molar-refractivity contribution is 0.106. The molecule has 0 amide bonds. The summed E-state index contributed by atoms with van der Waals surface area (Å²) in [5.41, 5.74) is 7.63. The number of hydrogen-bond acceptors (Lipinski definition) is 3. The molecule has 0 radical (unpaired) electrons. The first-order valence-electron chi connectivity index (χ1n) is 7.19. The van der Waals surface area contributed by atoms with Crippen LogP contribution in [0.3, 0.4) is 0 Å². The van der Waals surface area contributed by atoms with Crippen molar-refractivity contribution in [1.29, 1.82) is 0 Å². The second-order valence-electron chi connectivity index (χ2n) is 5.70. The number of Topliss-reactive ketones (excluding diaryl/α,β-unsaturated/α-hetero) is 1. The van der Waals surface area contributed by atoms with Crippen molar-refractivity contribution >= 4 is 17.1 Å². The minimum absolute atomic E-state index is 0.0919. The van der Waals surface area contributed by atoms with Crippen molar-refractivity contribution in [2.24, 2.45) is 5.16 Å². The van der Waals surface area contributed by atoms with Gasteiger partial charge in [0.05, 0.1) is 0 Å². The molecule has 3 rings (SSSR count). The lowest BCUT2D eigenvalue weighted by Gasteiger charge is -2.07. The fourth-order valence-corrected chi connectivity index (χ4v) is 3.00. The standard InChI is InChI=1S/C19H17NO2/c1-11(2)18-16-7-5-4-6-14(16)15-9-8-13(10-17(15)18)19(21)12(3)20-22/h4-10,22H,1-3H3. The van der Waals surface area contributed by atoms with Crippen molar-refractivity contribution < 1.29 is 10.0 Å². The summed E-state index contributed by atoms with van der Waals surface area (Å²) in [5, 5.41) is 11.8. The number of rotatable bonds is 2. The maximum Gasteiger partial charge on any atom is 0.210 e. The first kappa shape index (κ1) is 14.3. The fraction of sp³-hybridized carbons (Fsp3) is 0.158. The summed E-state index contributed by atoms with van der Waals surface area (Å²) in [6.45, 7) is 5.67. The second-order valence-corrected chi connectivity index (χ2v) is 5.70. The van der Waals surface area contributed by atoms with Crippen molar-refractivity contribution in [3.63, 3.8) is 0 Å². The lowest BCUT2D eigenvalue weighted by atomic mass is 9.96. The predicted molar refractivity (Wildman–Crippen MR) is 88.5 cm³/mol. The van der Waals surface area contributed by atoms with E-state index in [0.29, 0.717) is 5.56 Å². The van der Waals surface area contributed by atoms with E-state index in [1.807, 2.05) is 24.3 Å². The molecule has 2 aromatic rings. The Kier molecular flexibility index (Phi) is 3.41. The molecular formula is C19H17NO2. The van der Waals surface area contributed by atoms with Gasteiger partial charge in [-0.3, -0.25) is 4.79 Å². The summed E-state index contributed by atoms with van der Waals surface area (Å²) in [5.74, 6) is -0.255. The topological polar surface area (TPSA) is 49.7 Å². The van der Waals surface area contributed by atoms with Gasteiger partial charge in [-0.25, -0.2) is 0 Å². The van der Waals surface area contributed by atoms with Crippen LogP contribution < -0.4 is 0 Å². The molecule has 3 heteroatoms. The molecule has 0 spiro atoms. The molecule has 1 aliphatic rings. The van der Waals surface area contributed by atoms with E-state index in [0.717, 1.165) is 11.1 Å². The van der Waals surface area contributed by atoms with E-state index in [-0.39, 0.29) is 11.5 Å². The van der Waals surface area contributed by atoms with Gasteiger partial charge in [-0.1, -0.05) is 47.1 Å². The van der Waals surface area contributed by atoms with Crippen LogP contribution >= 0.6 is 0 Å². The molecule has 0 saturated heterocycles. The van der Waals surface area contributed by atoms with Crippen LogP contribution in [0.25, 0.3) is 16.7 Å². The van der Waals surface area contributed by atoms with Crippen LogP contribution in [-0.4, -0.2) is 16.7 Å². The Hall–Kier alpha value is -2.68. The number of oxime groups is 1. The van der Waals surface area contributed by atoms with Gasteiger partial charge in [-0.2, -0.15) is 0 Å². The molecule has 0 aliphatic heterocycles. The molecule has 2 aromatic carbocycles. The maximum atomic E-state index is 12.2. The van der Waals surface area contributed by atoms with E-state index in [1.165, 1.54) is 29.2 Å². The first-order chi connectivity index (χ1) is 10.5. The third kappa shape index (κ3) is 2.06. The number of allylic oxidation sites excluding steroid dienone is 1. The van der Waals surface area contributed by atoms with Crippen molar-refractivity contribution in [2.45, 2.75) is 20.8 Å². The van der Waals surface area contributed by atoms with Crippen molar-refractivity contribution in [3.8, 4) is 11.1 Å². The number of ketones is 1. The van der Waals surface area contributed by atoms with E-state index in [9.17, 15) is 4.79 Å². The summed E-state index contributed by atoms with van der Waals surface area (Å²) in [6.07, 6.45) is 0. The van der Waals surface area contributed by atoms with Gasteiger partial charge in [0.15, 0.2) is 0 Å². The molecule has 0 saturated carbocycles. The van der Waals surface area contributed by atoms with Crippen LogP contribution in [-0.2, 0) is 0 Å². The van der Waals surface area contributed by atoms with Crippen LogP contribution in [0, 0.1) is 0 Å². The summed E-state index contributed by atoms with van der Waals surface area (Å²) in [7, 11) is 0. The average molecular weight is 291 g/mol. The van der Waals surface area contributed by atoms with Gasteiger partial charge in [0.25, 0.3) is 0 Å². The highest BCUT2D eigenvalue weighted by Gasteiger charge is 2.25. The van der Waals surface area contributed by atoms with Crippen molar-refractivity contribution in [2.75, 3.05) is 0 Å². The zero-order valence-electron chi connectivity index (χ0n) is 12.8. The molecule has 0 heterocycles. The lowest BCUT2D eigenvalue weighted by Crippen LogP contribution is -2.10. The van der Waals surface area contributed by atoms with Gasteiger partial charge in [0, 0.05) is 5.56 Å². The highest BCUT2D eigenvalue weighted by molar-refractivity contribution is 6.45. The van der Waals surface area contributed by atoms with Crippen LogP contribution in [0.4, 0.5) is 0 Å². The molecular weight excluding hydrogens is 274 g/mol. The largest absolute Gasteiger partial charge is 0.411 e. The number of carbonyl (C=O) groups excluding carboxylic acids is 1. The second kappa shape index (κ2) is 5.26. The number of benzene rings is 2. The summed E-state index contributed by atoms with van der Waals surface area (Å²) in [4.78, 5) is 12.2. The molecule has 1 N–H and O–H groups in total. The highest BCUT2D eigenvalue weighted by atomic mass is 16.4. The molecule has 0 atom stereocenters. The van der Waals surface area contributed by atoms with Crippen LogP contribution in [0.15, 0.2) is 53.2 Å². The monoisotopic (exact) mass is 291 g/mol. The Labute approximate surface area is 129 Å². The molecule has 0 fully saturated rings. The van der Waals surface area contributed by atoms with E-state index < -0.39 is 0 Å². The number of fused-ring (bicyclic) bond motifs is 3. The Morgan fingerprint density at radius 2 is 1.55 bits per heavy atom. The average Bonchev–Trinajstić information content (AvgIpc) is 2.87. The third-order valence-electron chi connectivity index (χ3n) is 4.02. The fourth-order valence-electron chi connectivity index (χ4n) is 3.00. The third-order valence-corrected chi connectivity index (χ3v) is 4.02. The molecule has 0 aromatic heterocycles. The maximum absolute atomic E-state index is 12.2. The molecule has 1 aliphatic carbocycles. The summed E-state index contributed by atoms with van der Waals surface area (Å²) >= 11 is 0. The quantitative estimate of drug-likeness (QED) is 0.326. The van der Waals surface area contributed by atoms with Crippen LogP contribution in [0.2, 0.25) is 0 Å². The van der Waals surface area contributed by atoms with Gasteiger partial charge < -0.3 is 5.21 Å². The number of carbonyl (C=O) groups is 1. The Bertz CT molecular complexity index is 840. The molecule has 0 bridgehead atoms. The molecule has 22 heavy (non-hydrogen) atoms. The SMILES string of the molecule is CC(=NO)C(=O)c1ccc2c(c1)C(=C(C)C)c1ccccc1-2. The van der Waals surface area contributed by atoms with E-state index in [2.05, 4.69) is 31.1 Å². The smallest absolute Gasteiger partial charge is 0.210 e. The van der Waals surface area contributed by atoms with Gasteiger partial charge in [0.1, 0.15) is 5.71 Å². The van der Waals surface area contributed by atoms with Crippen molar-refractivity contribution in [3.05, 3.63) is 64.7 Å². The minimum atomic E-state index is -0.255. The van der Waals surface area contributed by atoms with Crippen molar-refractivity contribution in [1.82, 2.24) is 0 Å². The van der Waals surface area contributed by atoms with E-state index >= 15 is 0 Å². The van der Waals surface area contributed by atoms with Crippen LogP contribution in [0.5, 0.6) is 0 Å².